The Bertz CT molecular complexity index is 1330. The van der Waals surface area contributed by atoms with Gasteiger partial charge in [0.2, 0.25) is 0 Å². The Morgan fingerprint density at radius 2 is 1.76 bits per heavy atom. The van der Waals surface area contributed by atoms with Crippen molar-refractivity contribution in [3.05, 3.63) is 78.2 Å². The fourth-order valence-electron chi connectivity index (χ4n) is 5.29. The molecule has 1 aliphatic carbocycles. The molecule has 1 aliphatic heterocycles. The summed E-state index contributed by atoms with van der Waals surface area (Å²) in [6.07, 6.45) is 14.0. The lowest BCUT2D eigenvalue weighted by atomic mass is 10.1. The van der Waals surface area contributed by atoms with Crippen molar-refractivity contribution in [1.82, 2.24) is 14.1 Å². The maximum absolute atomic E-state index is 9.11. The predicted molar refractivity (Wildman–Crippen MR) is 131 cm³/mol. The summed E-state index contributed by atoms with van der Waals surface area (Å²) in [5, 5.41) is 12.9. The van der Waals surface area contributed by atoms with Crippen LogP contribution in [0.25, 0.3) is 28.3 Å². The van der Waals surface area contributed by atoms with Gasteiger partial charge >= 0.3 is 0 Å². The minimum atomic E-state index is 0.574. The summed E-state index contributed by atoms with van der Waals surface area (Å²) in [4.78, 5) is 4.70. The van der Waals surface area contributed by atoms with E-state index in [4.69, 9.17) is 10.2 Å². The van der Waals surface area contributed by atoms with Crippen LogP contribution in [0.2, 0.25) is 0 Å². The van der Waals surface area contributed by atoms with Crippen LogP contribution < -0.4 is 5.32 Å². The average Bonchev–Trinajstić information content (AvgIpc) is 3.37. The zero-order valence-electron chi connectivity index (χ0n) is 18.7. The van der Waals surface area contributed by atoms with Crippen molar-refractivity contribution in [2.24, 2.45) is 0 Å². The number of hydrogen-bond acceptors (Lipinski definition) is 3. The van der Waals surface area contributed by atoms with E-state index in [9.17, 15) is 0 Å². The van der Waals surface area contributed by atoms with E-state index in [-0.39, 0.29) is 0 Å². The number of benzene rings is 2. The Hall–Kier alpha value is -3.78. The summed E-state index contributed by atoms with van der Waals surface area (Å²) >= 11 is 0. The molecule has 5 nitrogen and oxygen atoms in total. The van der Waals surface area contributed by atoms with E-state index in [0.717, 1.165) is 29.2 Å². The van der Waals surface area contributed by atoms with Crippen LogP contribution in [0.1, 0.15) is 49.7 Å². The number of rotatable bonds is 3. The molecule has 3 heterocycles. The van der Waals surface area contributed by atoms with Gasteiger partial charge in [0.05, 0.1) is 23.0 Å². The van der Waals surface area contributed by atoms with Crippen molar-refractivity contribution in [2.45, 2.75) is 51.1 Å². The minimum absolute atomic E-state index is 0.574. The Morgan fingerprint density at radius 3 is 2.55 bits per heavy atom. The standard InChI is InChI=1S/C28H27N5/c29-17-20-7-9-21(10-8-20)22-16-27-28-30-13-14-33(28)26-12-11-25(15-23(26)19-32(27)18-22)31-24-5-3-1-2-4-6-24/h7-16,18,24,31H,1-6,19H2. The molecular weight excluding hydrogens is 406 g/mol. The third-order valence-corrected chi connectivity index (χ3v) is 7.02. The summed E-state index contributed by atoms with van der Waals surface area (Å²) in [7, 11) is 0. The number of anilines is 1. The highest BCUT2D eigenvalue weighted by molar-refractivity contribution is 5.72. The number of hydrogen-bond donors (Lipinski definition) is 1. The summed E-state index contributed by atoms with van der Waals surface area (Å²) < 4.78 is 4.50. The minimum Gasteiger partial charge on any atom is -0.382 e. The van der Waals surface area contributed by atoms with E-state index in [1.54, 1.807) is 0 Å². The predicted octanol–water partition coefficient (Wildman–Crippen LogP) is 6.38. The van der Waals surface area contributed by atoms with Gasteiger partial charge in [-0.1, -0.05) is 37.8 Å². The SMILES string of the molecule is N#Cc1ccc(-c2cc3n(c2)Cc2cc(NC4CCCCCC4)ccc2-n2ccnc2-3)cc1. The van der Waals surface area contributed by atoms with Crippen molar-refractivity contribution in [3.8, 4) is 34.4 Å². The van der Waals surface area contributed by atoms with Gasteiger partial charge in [0.1, 0.15) is 0 Å². The van der Waals surface area contributed by atoms with Crippen LogP contribution in [0.15, 0.2) is 67.1 Å². The second kappa shape index (κ2) is 8.29. The van der Waals surface area contributed by atoms with Crippen LogP contribution in [0.5, 0.6) is 0 Å². The highest BCUT2D eigenvalue weighted by Crippen LogP contribution is 2.35. The first-order valence-electron chi connectivity index (χ1n) is 11.9. The van der Waals surface area contributed by atoms with Gasteiger partial charge in [-0.3, -0.25) is 4.57 Å². The first-order valence-corrected chi connectivity index (χ1v) is 11.9. The van der Waals surface area contributed by atoms with Gasteiger partial charge in [0.25, 0.3) is 0 Å². The van der Waals surface area contributed by atoms with Gasteiger partial charge in [0.15, 0.2) is 5.82 Å². The lowest BCUT2D eigenvalue weighted by Gasteiger charge is -2.19. The van der Waals surface area contributed by atoms with Crippen LogP contribution in [-0.2, 0) is 6.54 Å². The molecule has 0 saturated heterocycles. The van der Waals surface area contributed by atoms with E-state index in [1.165, 1.54) is 55.5 Å². The highest BCUT2D eigenvalue weighted by Gasteiger charge is 2.22. The fraction of sp³-hybridized carbons (Fsp3) is 0.286. The molecule has 2 aromatic carbocycles. The number of nitrogens with one attached hydrogen (secondary N) is 1. The number of aromatic nitrogens is 3. The van der Waals surface area contributed by atoms with Gasteiger partial charge < -0.3 is 9.88 Å². The first kappa shape index (κ1) is 19.9. The Morgan fingerprint density at radius 1 is 0.939 bits per heavy atom. The molecule has 4 aromatic rings. The first-order chi connectivity index (χ1) is 16.3. The molecule has 1 N–H and O–H groups in total. The van der Waals surface area contributed by atoms with E-state index in [0.29, 0.717) is 11.6 Å². The van der Waals surface area contributed by atoms with Gasteiger partial charge in [0, 0.05) is 42.4 Å². The molecule has 0 radical (unpaired) electrons. The van der Waals surface area contributed by atoms with Crippen molar-refractivity contribution in [2.75, 3.05) is 5.32 Å². The van der Waals surface area contributed by atoms with Crippen LogP contribution >= 0.6 is 0 Å². The molecule has 164 valence electrons. The van der Waals surface area contributed by atoms with Crippen LogP contribution in [0, 0.1) is 11.3 Å². The molecule has 0 amide bonds. The van der Waals surface area contributed by atoms with Crippen LogP contribution in [0.4, 0.5) is 5.69 Å². The molecule has 2 aliphatic rings. The normalized spacial score (nSPS) is 15.5. The van der Waals surface area contributed by atoms with Gasteiger partial charge in [-0.25, -0.2) is 4.98 Å². The zero-order chi connectivity index (χ0) is 22.2. The number of fused-ring (bicyclic) bond motifs is 5. The van der Waals surface area contributed by atoms with E-state index < -0.39 is 0 Å². The zero-order valence-corrected chi connectivity index (χ0v) is 18.7. The quantitative estimate of drug-likeness (QED) is 0.336. The van der Waals surface area contributed by atoms with E-state index in [2.05, 4.69) is 57.2 Å². The van der Waals surface area contributed by atoms with Crippen molar-refractivity contribution in [3.63, 3.8) is 0 Å². The summed E-state index contributed by atoms with van der Waals surface area (Å²) in [5.41, 5.74) is 7.72. The van der Waals surface area contributed by atoms with Gasteiger partial charge in [-0.2, -0.15) is 5.26 Å². The number of imidazole rings is 1. The molecule has 1 saturated carbocycles. The lowest BCUT2D eigenvalue weighted by molar-refractivity contribution is 0.620. The third-order valence-electron chi connectivity index (χ3n) is 7.02. The molecular formula is C28H27N5. The number of nitrogens with zero attached hydrogens (tertiary/aromatic N) is 4. The largest absolute Gasteiger partial charge is 0.382 e. The fourth-order valence-corrected chi connectivity index (χ4v) is 5.29. The molecule has 6 rings (SSSR count). The third kappa shape index (κ3) is 3.72. The average molecular weight is 434 g/mol. The second-order valence-electron chi connectivity index (χ2n) is 9.23. The Labute approximate surface area is 194 Å². The summed E-state index contributed by atoms with van der Waals surface area (Å²) in [6, 6.07) is 19.5. The molecule has 0 bridgehead atoms. The van der Waals surface area contributed by atoms with E-state index in [1.807, 2.05) is 30.5 Å². The maximum Gasteiger partial charge on any atom is 0.161 e. The van der Waals surface area contributed by atoms with Crippen molar-refractivity contribution < 1.29 is 0 Å². The molecule has 1 fully saturated rings. The smallest absolute Gasteiger partial charge is 0.161 e. The number of nitriles is 1. The van der Waals surface area contributed by atoms with Gasteiger partial charge in [-0.05, 0) is 60.4 Å². The highest BCUT2D eigenvalue weighted by atomic mass is 15.1. The van der Waals surface area contributed by atoms with Crippen LogP contribution in [-0.4, -0.2) is 20.2 Å². The monoisotopic (exact) mass is 433 g/mol. The molecule has 0 unspecified atom stereocenters. The van der Waals surface area contributed by atoms with Gasteiger partial charge in [-0.15, -0.1) is 0 Å². The molecule has 0 spiro atoms. The Balaban J connectivity index is 1.37. The van der Waals surface area contributed by atoms with Crippen molar-refractivity contribution >= 4 is 5.69 Å². The van der Waals surface area contributed by atoms with Crippen LogP contribution in [0.3, 0.4) is 0 Å². The maximum atomic E-state index is 9.11. The molecule has 33 heavy (non-hydrogen) atoms. The van der Waals surface area contributed by atoms with Crippen molar-refractivity contribution in [1.29, 1.82) is 5.26 Å². The molecule has 0 atom stereocenters. The lowest BCUT2D eigenvalue weighted by Crippen LogP contribution is -2.18. The summed E-state index contributed by atoms with van der Waals surface area (Å²) in [5.74, 6) is 0.957. The topological polar surface area (TPSA) is 58.6 Å². The van der Waals surface area contributed by atoms with E-state index >= 15 is 0 Å². The Kier molecular flexibility index (Phi) is 4.99. The molecule has 2 aromatic heterocycles. The second-order valence-corrected chi connectivity index (χ2v) is 9.23. The molecule has 5 heteroatoms. The summed E-state index contributed by atoms with van der Waals surface area (Å²) in [6.45, 7) is 0.796.